The number of anilines is 1. The van der Waals surface area contributed by atoms with Gasteiger partial charge in [-0.2, -0.15) is 0 Å². The van der Waals surface area contributed by atoms with Gasteiger partial charge in [0.05, 0.1) is 5.69 Å². The molecule has 0 aromatic heterocycles. The van der Waals surface area contributed by atoms with Gasteiger partial charge in [0.25, 0.3) is 5.91 Å². The number of amides is 2. The predicted octanol–water partition coefficient (Wildman–Crippen LogP) is 3.25. The van der Waals surface area contributed by atoms with E-state index in [2.05, 4.69) is 5.16 Å². The third kappa shape index (κ3) is 2.43. The number of hydrogen-bond acceptors (Lipinski definition) is 4. The lowest BCUT2D eigenvalue weighted by Gasteiger charge is -2.17. The van der Waals surface area contributed by atoms with Crippen LogP contribution in [0.3, 0.4) is 0 Å². The van der Waals surface area contributed by atoms with E-state index in [1.807, 2.05) is 32.0 Å². The van der Waals surface area contributed by atoms with Crippen LogP contribution in [0.25, 0.3) is 0 Å². The van der Waals surface area contributed by atoms with Crippen molar-refractivity contribution in [2.45, 2.75) is 20.0 Å². The largest absolute Gasteiger partial charge is 0.381 e. The first-order chi connectivity index (χ1) is 12.0. The third-order valence-electron chi connectivity index (χ3n) is 4.43. The lowest BCUT2D eigenvalue weighted by molar-refractivity contribution is -0.126. The molecule has 2 amide bonds. The number of halogens is 1. The fourth-order valence-corrected chi connectivity index (χ4v) is 3.64. The number of benzene rings is 2. The summed E-state index contributed by atoms with van der Waals surface area (Å²) < 4.78 is 0. The van der Waals surface area contributed by atoms with Gasteiger partial charge in [-0.05, 0) is 43.2 Å². The smallest absolute Gasteiger partial charge is 0.278 e. The highest BCUT2D eigenvalue weighted by Crippen LogP contribution is 2.36. The number of hydrogen-bond donors (Lipinski definition) is 0. The first-order valence-electron chi connectivity index (χ1n) is 7.92. The highest BCUT2D eigenvalue weighted by Gasteiger charge is 2.56. The van der Waals surface area contributed by atoms with Crippen molar-refractivity contribution in [1.82, 2.24) is 0 Å². The van der Waals surface area contributed by atoms with Crippen molar-refractivity contribution in [2.24, 2.45) is 11.1 Å². The molecule has 2 atom stereocenters. The fraction of sp³-hybridized carbons (Fsp3) is 0.211. The van der Waals surface area contributed by atoms with Gasteiger partial charge in [0.2, 0.25) is 12.0 Å². The average molecular weight is 355 g/mol. The monoisotopic (exact) mass is 354 g/mol. The van der Waals surface area contributed by atoms with Gasteiger partial charge < -0.3 is 4.84 Å². The molecule has 4 rings (SSSR count). The molecule has 0 spiro atoms. The number of fused-ring (bicyclic) bond motifs is 1. The summed E-state index contributed by atoms with van der Waals surface area (Å²) in [5.74, 6) is -1.50. The lowest BCUT2D eigenvalue weighted by atomic mass is 9.94. The summed E-state index contributed by atoms with van der Waals surface area (Å²) in [5.41, 5.74) is 3.53. The van der Waals surface area contributed by atoms with Crippen molar-refractivity contribution in [2.75, 3.05) is 4.90 Å². The molecular weight excluding hydrogens is 340 g/mol. The molecule has 126 valence electrons. The molecule has 25 heavy (non-hydrogen) atoms. The van der Waals surface area contributed by atoms with E-state index in [0.29, 0.717) is 22.0 Å². The Morgan fingerprint density at radius 3 is 2.40 bits per heavy atom. The highest BCUT2D eigenvalue weighted by atomic mass is 35.5. The summed E-state index contributed by atoms with van der Waals surface area (Å²) >= 11 is 6.23. The number of oxime groups is 1. The van der Waals surface area contributed by atoms with E-state index in [1.165, 1.54) is 4.90 Å². The molecule has 0 aliphatic carbocycles. The number of rotatable bonds is 2. The molecule has 5 nitrogen and oxygen atoms in total. The van der Waals surface area contributed by atoms with Crippen molar-refractivity contribution in [3.05, 3.63) is 64.2 Å². The molecule has 0 saturated carbocycles. The van der Waals surface area contributed by atoms with E-state index in [0.717, 1.165) is 11.1 Å². The van der Waals surface area contributed by atoms with Gasteiger partial charge in [-0.15, -0.1) is 0 Å². The summed E-state index contributed by atoms with van der Waals surface area (Å²) in [5, 5.41) is 4.45. The Bertz CT molecular complexity index is 918. The third-order valence-corrected chi connectivity index (χ3v) is 4.76. The van der Waals surface area contributed by atoms with Crippen molar-refractivity contribution in [3.63, 3.8) is 0 Å². The van der Waals surface area contributed by atoms with Gasteiger partial charge in [0.1, 0.15) is 11.6 Å². The van der Waals surface area contributed by atoms with Crippen LogP contribution in [0.1, 0.15) is 16.7 Å². The second-order valence-electron chi connectivity index (χ2n) is 6.32. The number of aryl methyl sites for hydroxylation is 2. The van der Waals surface area contributed by atoms with Crippen molar-refractivity contribution < 1.29 is 14.4 Å². The topological polar surface area (TPSA) is 59.0 Å². The Labute approximate surface area is 149 Å². The van der Waals surface area contributed by atoms with Gasteiger partial charge in [-0.1, -0.05) is 41.0 Å². The minimum atomic E-state index is -0.931. The van der Waals surface area contributed by atoms with Crippen LogP contribution in [0, 0.1) is 19.8 Å². The molecule has 0 radical (unpaired) electrons. The van der Waals surface area contributed by atoms with Crippen LogP contribution in [0.5, 0.6) is 0 Å². The molecule has 1 fully saturated rings. The number of imide groups is 1. The standard InChI is InChI=1S/C19H15ClN2O3/c1-10-7-11(2)9-12(8-10)22-18(23)15-16(21-25-17(15)19(22)24)13-5-3-4-6-14(13)20/h3-9,15,17H,1-2H3/t15-,17+/m1/s1. The summed E-state index contributed by atoms with van der Waals surface area (Å²) in [6.45, 7) is 3.85. The summed E-state index contributed by atoms with van der Waals surface area (Å²) in [7, 11) is 0. The normalized spacial score (nSPS) is 22.0. The van der Waals surface area contributed by atoms with E-state index in [-0.39, 0.29) is 5.91 Å². The molecular formula is C19H15ClN2O3. The van der Waals surface area contributed by atoms with E-state index in [9.17, 15) is 9.59 Å². The molecule has 2 heterocycles. The SMILES string of the molecule is Cc1cc(C)cc(N2C(=O)[C@@H]3C(c4ccccc4Cl)=NO[C@@H]3C2=O)c1. The predicted molar refractivity (Wildman–Crippen MR) is 94.8 cm³/mol. The van der Waals surface area contributed by atoms with Crippen molar-refractivity contribution >= 4 is 34.8 Å². The Hall–Kier alpha value is -2.66. The lowest BCUT2D eigenvalue weighted by Crippen LogP contribution is -2.33. The summed E-state index contributed by atoms with van der Waals surface area (Å²) in [6.07, 6.45) is -0.931. The van der Waals surface area contributed by atoms with Crippen LogP contribution < -0.4 is 4.90 Å². The minimum Gasteiger partial charge on any atom is -0.381 e. The van der Waals surface area contributed by atoms with E-state index in [1.54, 1.807) is 24.3 Å². The van der Waals surface area contributed by atoms with Crippen LogP contribution in [-0.2, 0) is 14.4 Å². The molecule has 0 unspecified atom stereocenters. The molecule has 2 aliphatic heterocycles. The van der Waals surface area contributed by atoms with Crippen LogP contribution >= 0.6 is 11.6 Å². The van der Waals surface area contributed by atoms with Gasteiger partial charge in [-0.25, -0.2) is 4.90 Å². The Balaban J connectivity index is 1.75. The van der Waals surface area contributed by atoms with E-state index >= 15 is 0 Å². The van der Waals surface area contributed by atoms with E-state index in [4.69, 9.17) is 16.4 Å². The van der Waals surface area contributed by atoms with Gasteiger partial charge in [-0.3, -0.25) is 9.59 Å². The van der Waals surface area contributed by atoms with Crippen LogP contribution in [0.15, 0.2) is 47.6 Å². The molecule has 0 bridgehead atoms. The fourth-order valence-electron chi connectivity index (χ4n) is 3.40. The minimum absolute atomic E-state index is 0.337. The van der Waals surface area contributed by atoms with Crippen molar-refractivity contribution in [1.29, 1.82) is 0 Å². The van der Waals surface area contributed by atoms with Gasteiger partial charge in [0, 0.05) is 10.6 Å². The first kappa shape index (κ1) is 15.8. The zero-order chi connectivity index (χ0) is 17.7. The zero-order valence-corrected chi connectivity index (χ0v) is 14.4. The maximum absolute atomic E-state index is 13.0. The molecule has 0 N–H and O–H groups in total. The highest BCUT2D eigenvalue weighted by molar-refractivity contribution is 6.38. The Morgan fingerprint density at radius 2 is 1.72 bits per heavy atom. The quantitative estimate of drug-likeness (QED) is 0.778. The average Bonchev–Trinajstić information content (AvgIpc) is 3.08. The molecule has 6 heteroatoms. The van der Waals surface area contributed by atoms with Gasteiger partial charge in [0.15, 0.2) is 0 Å². The maximum Gasteiger partial charge on any atom is 0.278 e. The summed E-state index contributed by atoms with van der Waals surface area (Å²) in [6, 6.07) is 12.7. The molecule has 1 saturated heterocycles. The second kappa shape index (κ2) is 5.70. The number of carbonyl (C=O) groups is 2. The maximum atomic E-state index is 13.0. The second-order valence-corrected chi connectivity index (χ2v) is 6.73. The van der Waals surface area contributed by atoms with E-state index < -0.39 is 17.9 Å². The van der Waals surface area contributed by atoms with Crippen LogP contribution in [-0.4, -0.2) is 23.6 Å². The molecule has 2 aliphatic rings. The van der Waals surface area contributed by atoms with Gasteiger partial charge >= 0.3 is 0 Å². The first-order valence-corrected chi connectivity index (χ1v) is 8.30. The Morgan fingerprint density at radius 1 is 1.04 bits per heavy atom. The molecule has 2 aromatic rings. The zero-order valence-electron chi connectivity index (χ0n) is 13.7. The number of carbonyl (C=O) groups excluding carboxylic acids is 2. The Kier molecular flexibility index (Phi) is 3.62. The molecule has 2 aromatic carbocycles. The van der Waals surface area contributed by atoms with Crippen LogP contribution in [0.2, 0.25) is 5.02 Å². The number of nitrogens with zero attached hydrogens (tertiary/aromatic N) is 2. The summed E-state index contributed by atoms with van der Waals surface area (Å²) in [4.78, 5) is 32.3. The van der Waals surface area contributed by atoms with Crippen molar-refractivity contribution in [3.8, 4) is 0 Å². The van der Waals surface area contributed by atoms with Crippen LogP contribution in [0.4, 0.5) is 5.69 Å².